The predicted molar refractivity (Wildman–Crippen MR) is 148 cm³/mol. The van der Waals surface area contributed by atoms with Crippen molar-refractivity contribution in [1.29, 1.82) is 0 Å². The second-order valence-corrected chi connectivity index (χ2v) is 9.65. The van der Waals surface area contributed by atoms with Crippen molar-refractivity contribution in [1.82, 2.24) is 4.98 Å². The summed E-state index contributed by atoms with van der Waals surface area (Å²) in [6.45, 7) is 3.71. The lowest BCUT2D eigenvalue weighted by Gasteiger charge is -2.13. The van der Waals surface area contributed by atoms with Crippen LogP contribution in [-0.4, -0.2) is 28.6 Å². The van der Waals surface area contributed by atoms with Crippen LogP contribution in [0.3, 0.4) is 0 Å². The van der Waals surface area contributed by atoms with Gasteiger partial charge in [0.05, 0.1) is 23.0 Å². The molecule has 1 aromatic heterocycles. The number of Topliss-reactive ketones (excluding diaryl/α,β-unsaturated/α-hetero) is 1. The number of carbonyl (C=O) groups excluding carboxylic acids is 3. The number of ketones is 1. The molecule has 3 aromatic rings. The van der Waals surface area contributed by atoms with Crippen molar-refractivity contribution < 1.29 is 14.4 Å². The standard InChI is InChI=1S/C28H30ClN5O3/c1-15-24(14-19-18-13-17(29)11-12-22(18)33-27(19)36)32-16(2)26(15)25(35)10-6-4-8-21(31)28(37)34-23-9-5-3-7-20(23)30/h3,5,7,9,11-14,21,32H,4,6,8,10,30-31H2,1-2H3,(H,33,36)(H,34,37)/b19-14-. The number of amides is 2. The second kappa shape index (κ2) is 11.0. The molecule has 2 amide bonds. The number of unbranched alkanes of at least 4 members (excludes halogenated alkanes) is 1. The first-order valence-electron chi connectivity index (χ1n) is 12.1. The minimum atomic E-state index is -0.697. The normalized spacial score (nSPS) is 14.4. The maximum absolute atomic E-state index is 13.0. The number of aromatic nitrogens is 1. The van der Waals surface area contributed by atoms with Gasteiger partial charge >= 0.3 is 0 Å². The van der Waals surface area contributed by atoms with Crippen molar-refractivity contribution in [2.24, 2.45) is 5.73 Å². The number of hydrogen-bond acceptors (Lipinski definition) is 5. The zero-order chi connectivity index (χ0) is 26.7. The van der Waals surface area contributed by atoms with Crippen molar-refractivity contribution in [3.63, 3.8) is 0 Å². The number of nitrogens with one attached hydrogen (secondary N) is 3. The van der Waals surface area contributed by atoms with E-state index < -0.39 is 6.04 Å². The van der Waals surface area contributed by atoms with Crippen LogP contribution in [0.25, 0.3) is 11.6 Å². The van der Waals surface area contributed by atoms with Crippen molar-refractivity contribution in [3.05, 3.63) is 75.6 Å². The van der Waals surface area contributed by atoms with E-state index in [1.165, 1.54) is 0 Å². The van der Waals surface area contributed by atoms with Gasteiger partial charge in [0.1, 0.15) is 0 Å². The number of rotatable bonds is 9. The molecule has 0 bridgehead atoms. The van der Waals surface area contributed by atoms with Gasteiger partial charge in [-0.15, -0.1) is 0 Å². The summed E-state index contributed by atoms with van der Waals surface area (Å²) in [6.07, 6.45) is 3.76. The van der Waals surface area contributed by atoms with Gasteiger partial charge < -0.3 is 27.1 Å². The van der Waals surface area contributed by atoms with E-state index in [9.17, 15) is 14.4 Å². The highest BCUT2D eigenvalue weighted by atomic mass is 35.5. The third kappa shape index (κ3) is 5.76. The zero-order valence-corrected chi connectivity index (χ0v) is 21.5. The van der Waals surface area contributed by atoms with Gasteiger partial charge in [0.2, 0.25) is 5.91 Å². The number of H-pyrrole nitrogens is 1. The fourth-order valence-electron chi connectivity index (χ4n) is 4.53. The lowest BCUT2D eigenvalue weighted by Crippen LogP contribution is -2.35. The lowest BCUT2D eigenvalue weighted by atomic mass is 9.99. The van der Waals surface area contributed by atoms with Crippen molar-refractivity contribution in [3.8, 4) is 0 Å². The SMILES string of the molecule is Cc1[nH]c(/C=C2\C(=O)Nc3ccc(Cl)cc32)c(C)c1C(=O)CCCCC(N)C(=O)Nc1ccccc1N. The van der Waals surface area contributed by atoms with E-state index in [-0.39, 0.29) is 17.6 Å². The van der Waals surface area contributed by atoms with Crippen LogP contribution >= 0.6 is 11.6 Å². The van der Waals surface area contributed by atoms with E-state index in [1.54, 1.807) is 48.5 Å². The number of aromatic amines is 1. The lowest BCUT2D eigenvalue weighted by molar-refractivity contribution is -0.117. The minimum absolute atomic E-state index is 0.00491. The monoisotopic (exact) mass is 519 g/mol. The van der Waals surface area contributed by atoms with Gasteiger partial charge in [0, 0.05) is 39.6 Å². The van der Waals surface area contributed by atoms with E-state index >= 15 is 0 Å². The van der Waals surface area contributed by atoms with Gasteiger partial charge in [-0.1, -0.05) is 30.2 Å². The van der Waals surface area contributed by atoms with Gasteiger partial charge in [0.25, 0.3) is 5.91 Å². The smallest absolute Gasteiger partial charge is 0.256 e. The Kier molecular flexibility index (Phi) is 7.80. The average molecular weight is 520 g/mol. The number of para-hydroxylation sites is 2. The molecule has 0 fully saturated rings. The van der Waals surface area contributed by atoms with Crippen LogP contribution in [0.15, 0.2) is 42.5 Å². The molecular formula is C28H30ClN5O3. The second-order valence-electron chi connectivity index (χ2n) is 9.22. The number of aryl methyl sites for hydroxylation is 1. The number of nitrogen functional groups attached to an aromatic ring is 1. The Bertz CT molecular complexity index is 1410. The highest BCUT2D eigenvalue weighted by Gasteiger charge is 2.26. The Balaban J connectivity index is 1.36. The van der Waals surface area contributed by atoms with Crippen LogP contribution in [0.2, 0.25) is 5.02 Å². The topological polar surface area (TPSA) is 143 Å². The van der Waals surface area contributed by atoms with Crippen molar-refractivity contribution >= 4 is 57.9 Å². The summed E-state index contributed by atoms with van der Waals surface area (Å²) in [5.74, 6) is -0.518. The molecule has 1 atom stereocenters. The Morgan fingerprint density at radius 3 is 2.65 bits per heavy atom. The average Bonchev–Trinajstić information content (AvgIpc) is 3.32. The minimum Gasteiger partial charge on any atom is -0.397 e. The van der Waals surface area contributed by atoms with Crippen LogP contribution in [-0.2, 0) is 9.59 Å². The largest absolute Gasteiger partial charge is 0.397 e. The van der Waals surface area contributed by atoms with E-state index in [0.717, 1.165) is 16.8 Å². The molecule has 9 heteroatoms. The number of nitrogens with two attached hydrogens (primary N) is 2. The summed E-state index contributed by atoms with van der Waals surface area (Å²) in [5.41, 5.74) is 17.7. The van der Waals surface area contributed by atoms with Crippen molar-refractivity contribution in [2.45, 2.75) is 45.6 Å². The molecular weight excluding hydrogens is 490 g/mol. The third-order valence-electron chi connectivity index (χ3n) is 6.53. The van der Waals surface area contributed by atoms with Crippen LogP contribution in [0.4, 0.5) is 17.1 Å². The molecule has 0 saturated carbocycles. The van der Waals surface area contributed by atoms with E-state index in [4.69, 9.17) is 23.1 Å². The number of benzene rings is 2. The Morgan fingerprint density at radius 2 is 1.89 bits per heavy atom. The molecule has 1 aliphatic rings. The maximum atomic E-state index is 13.0. The van der Waals surface area contributed by atoms with Gasteiger partial charge in [-0.3, -0.25) is 14.4 Å². The van der Waals surface area contributed by atoms with Gasteiger partial charge in [-0.25, -0.2) is 0 Å². The number of fused-ring (bicyclic) bond motifs is 1. The Morgan fingerprint density at radius 1 is 1.14 bits per heavy atom. The summed E-state index contributed by atoms with van der Waals surface area (Å²) in [6, 6.07) is 11.5. The summed E-state index contributed by atoms with van der Waals surface area (Å²) in [7, 11) is 0. The van der Waals surface area contributed by atoms with Gasteiger partial charge in [-0.05, 0) is 68.7 Å². The number of anilines is 3. The van der Waals surface area contributed by atoms with E-state index in [1.807, 2.05) is 13.8 Å². The van der Waals surface area contributed by atoms with Crippen LogP contribution in [0.5, 0.6) is 0 Å². The highest BCUT2D eigenvalue weighted by molar-refractivity contribution is 6.36. The molecule has 0 aliphatic carbocycles. The van der Waals surface area contributed by atoms with Crippen molar-refractivity contribution in [2.75, 3.05) is 16.4 Å². The first kappa shape index (κ1) is 26.2. The van der Waals surface area contributed by atoms with Crippen LogP contribution < -0.4 is 22.1 Å². The molecule has 192 valence electrons. The molecule has 2 aromatic carbocycles. The molecule has 1 aliphatic heterocycles. The third-order valence-corrected chi connectivity index (χ3v) is 6.77. The van der Waals surface area contributed by atoms with E-state index in [2.05, 4.69) is 15.6 Å². The zero-order valence-electron chi connectivity index (χ0n) is 20.8. The predicted octanol–water partition coefficient (Wildman–Crippen LogP) is 5.07. The fraction of sp³-hybridized carbons (Fsp3) is 0.250. The quantitative estimate of drug-likeness (QED) is 0.116. The molecule has 37 heavy (non-hydrogen) atoms. The van der Waals surface area contributed by atoms with Gasteiger partial charge in [-0.2, -0.15) is 0 Å². The molecule has 2 heterocycles. The highest BCUT2D eigenvalue weighted by Crippen LogP contribution is 2.35. The Hall–Kier alpha value is -3.88. The first-order chi connectivity index (χ1) is 17.7. The van der Waals surface area contributed by atoms with Crippen LogP contribution in [0.1, 0.15) is 58.6 Å². The molecule has 1 unspecified atom stereocenters. The molecule has 0 spiro atoms. The summed E-state index contributed by atoms with van der Waals surface area (Å²) >= 11 is 6.13. The maximum Gasteiger partial charge on any atom is 0.256 e. The molecule has 4 rings (SSSR count). The summed E-state index contributed by atoms with van der Waals surface area (Å²) in [4.78, 5) is 41.2. The number of halogens is 1. The summed E-state index contributed by atoms with van der Waals surface area (Å²) in [5, 5.41) is 6.12. The van der Waals surface area contributed by atoms with Gasteiger partial charge in [0.15, 0.2) is 5.78 Å². The number of carbonyl (C=O) groups is 3. The first-order valence-corrected chi connectivity index (χ1v) is 12.5. The Labute approximate surface area is 220 Å². The molecule has 7 N–H and O–H groups in total. The molecule has 0 saturated heterocycles. The number of hydrogen-bond donors (Lipinski definition) is 5. The fourth-order valence-corrected chi connectivity index (χ4v) is 4.70. The molecule has 8 nitrogen and oxygen atoms in total. The van der Waals surface area contributed by atoms with E-state index in [0.29, 0.717) is 64.6 Å². The van der Waals surface area contributed by atoms with Crippen LogP contribution in [0, 0.1) is 13.8 Å². The molecule has 0 radical (unpaired) electrons. The summed E-state index contributed by atoms with van der Waals surface area (Å²) < 4.78 is 0.